The maximum atomic E-state index is 13.8. The van der Waals surface area contributed by atoms with Crippen LogP contribution in [0.15, 0.2) is 24.3 Å². The number of halogens is 1. The van der Waals surface area contributed by atoms with Gasteiger partial charge in [0.1, 0.15) is 5.82 Å². The summed E-state index contributed by atoms with van der Waals surface area (Å²) < 4.78 is 13.8. The molecule has 0 saturated heterocycles. The van der Waals surface area contributed by atoms with E-state index >= 15 is 0 Å². The fourth-order valence-electron chi connectivity index (χ4n) is 4.40. The molecule has 2 saturated carbocycles. The molecule has 1 aromatic carbocycles. The number of hydrogen-bond acceptors (Lipinski definition) is 1. The summed E-state index contributed by atoms with van der Waals surface area (Å²) in [6, 6.07) is 7.40. The zero-order chi connectivity index (χ0) is 13.0. The van der Waals surface area contributed by atoms with Crippen LogP contribution < -0.4 is 5.32 Å². The zero-order valence-electron chi connectivity index (χ0n) is 11.5. The number of hydrogen-bond donors (Lipinski definition) is 1. The van der Waals surface area contributed by atoms with Gasteiger partial charge in [0.25, 0.3) is 0 Å². The summed E-state index contributed by atoms with van der Waals surface area (Å²) in [7, 11) is 0. The van der Waals surface area contributed by atoms with Gasteiger partial charge in [0.05, 0.1) is 5.69 Å². The summed E-state index contributed by atoms with van der Waals surface area (Å²) in [5.74, 6) is 0.645. The van der Waals surface area contributed by atoms with Gasteiger partial charge >= 0.3 is 0 Å². The van der Waals surface area contributed by atoms with E-state index in [9.17, 15) is 4.39 Å². The van der Waals surface area contributed by atoms with Crippen LogP contribution >= 0.6 is 0 Å². The molecule has 98 valence electrons. The van der Waals surface area contributed by atoms with Crippen LogP contribution in [-0.2, 0) is 0 Å². The van der Waals surface area contributed by atoms with Crippen LogP contribution in [0, 0.1) is 22.6 Å². The van der Waals surface area contributed by atoms with Crippen molar-refractivity contribution in [2.45, 2.75) is 46.1 Å². The molecule has 3 unspecified atom stereocenters. The fraction of sp³-hybridized carbons (Fsp3) is 0.625. The molecule has 2 bridgehead atoms. The van der Waals surface area contributed by atoms with Crippen molar-refractivity contribution in [3.8, 4) is 0 Å². The Hall–Kier alpha value is -1.05. The van der Waals surface area contributed by atoms with Crippen molar-refractivity contribution in [3.63, 3.8) is 0 Å². The van der Waals surface area contributed by atoms with Gasteiger partial charge in [-0.25, -0.2) is 4.39 Å². The van der Waals surface area contributed by atoms with Crippen molar-refractivity contribution < 1.29 is 4.39 Å². The quantitative estimate of drug-likeness (QED) is 0.814. The Kier molecular flexibility index (Phi) is 2.48. The molecule has 2 heteroatoms. The van der Waals surface area contributed by atoms with Gasteiger partial charge in [0, 0.05) is 6.04 Å². The van der Waals surface area contributed by atoms with E-state index in [0.29, 0.717) is 17.1 Å². The van der Waals surface area contributed by atoms with Gasteiger partial charge in [-0.05, 0) is 48.1 Å². The second-order valence-electron chi connectivity index (χ2n) is 6.97. The standard InChI is InChI=1S/C16H22FN/c1-15(2)11-8-9-16(3,10-11)14(15)18-13-7-5-4-6-12(13)17/h4-7,11,14,18H,8-10H2,1-3H3. The monoisotopic (exact) mass is 247 g/mol. The van der Waals surface area contributed by atoms with E-state index in [1.54, 1.807) is 6.07 Å². The molecule has 1 N–H and O–H groups in total. The van der Waals surface area contributed by atoms with Crippen LogP contribution in [0.3, 0.4) is 0 Å². The van der Waals surface area contributed by atoms with Crippen LogP contribution in [0.1, 0.15) is 40.0 Å². The second kappa shape index (κ2) is 3.72. The molecular weight excluding hydrogens is 225 g/mol. The summed E-state index contributed by atoms with van der Waals surface area (Å²) >= 11 is 0. The lowest BCUT2D eigenvalue weighted by molar-refractivity contribution is 0.155. The third kappa shape index (κ3) is 1.58. The lowest BCUT2D eigenvalue weighted by atomic mass is 9.68. The Morgan fingerprint density at radius 2 is 1.94 bits per heavy atom. The Labute approximate surface area is 109 Å². The molecular formula is C16H22FN. The molecule has 0 aromatic heterocycles. The van der Waals surface area contributed by atoms with Crippen LogP contribution in [0.25, 0.3) is 0 Å². The smallest absolute Gasteiger partial charge is 0.146 e. The number of rotatable bonds is 2. The summed E-state index contributed by atoms with van der Waals surface area (Å²) in [5, 5.41) is 3.50. The zero-order valence-corrected chi connectivity index (χ0v) is 11.5. The molecule has 3 atom stereocenters. The van der Waals surface area contributed by atoms with Gasteiger partial charge in [-0.15, -0.1) is 0 Å². The maximum absolute atomic E-state index is 13.8. The Morgan fingerprint density at radius 1 is 1.22 bits per heavy atom. The highest BCUT2D eigenvalue weighted by Gasteiger charge is 2.59. The fourth-order valence-corrected chi connectivity index (χ4v) is 4.40. The molecule has 1 aromatic rings. The number of para-hydroxylation sites is 1. The lowest BCUT2D eigenvalue weighted by Gasteiger charge is -2.43. The number of anilines is 1. The van der Waals surface area contributed by atoms with Crippen molar-refractivity contribution in [2.75, 3.05) is 5.32 Å². The van der Waals surface area contributed by atoms with Gasteiger partial charge in [-0.2, -0.15) is 0 Å². The van der Waals surface area contributed by atoms with Gasteiger partial charge in [0.2, 0.25) is 0 Å². The van der Waals surface area contributed by atoms with Crippen LogP contribution in [0.5, 0.6) is 0 Å². The highest BCUT2D eigenvalue weighted by Crippen LogP contribution is 2.63. The van der Waals surface area contributed by atoms with E-state index in [0.717, 1.165) is 5.92 Å². The molecule has 2 aliphatic rings. The van der Waals surface area contributed by atoms with Crippen molar-refractivity contribution >= 4 is 5.69 Å². The molecule has 0 heterocycles. The van der Waals surface area contributed by atoms with Crippen molar-refractivity contribution in [1.29, 1.82) is 0 Å². The first-order chi connectivity index (χ1) is 8.43. The van der Waals surface area contributed by atoms with Gasteiger partial charge in [-0.1, -0.05) is 32.9 Å². The normalized spacial score (nSPS) is 36.9. The lowest BCUT2D eigenvalue weighted by Crippen LogP contribution is -2.45. The minimum Gasteiger partial charge on any atom is -0.379 e. The van der Waals surface area contributed by atoms with Crippen LogP contribution in [0.4, 0.5) is 10.1 Å². The average molecular weight is 247 g/mol. The number of benzene rings is 1. The first-order valence-corrected chi connectivity index (χ1v) is 6.94. The van der Waals surface area contributed by atoms with Gasteiger partial charge in [-0.3, -0.25) is 0 Å². The molecule has 2 aliphatic carbocycles. The van der Waals surface area contributed by atoms with E-state index in [1.165, 1.54) is 25.3 Å². The molecule has 18 heavy (non-hydrogen) atoms. The third-order valence-corrected chi connectivity index (χ3v) is 5.44. The molecule has 3 rings (SSSR count). The summed E-state index contributed by atoms with van der Waals surface area (Å²) in [6.07, 6.45) is 3.89. The topological polar surface area (TPSA) is 12.0 Å². The molecule has 0 radical (unpaired) electrons. The highest BCUT2D eigenvalue weighted by atomic mass is 19.1. The highest BCUT2D eigenvalue weighted by molar-refractivity contribution is 5.47. The van der Waals surface area contributed by atoms with E-state index in [4.69, 9.17) is 0 Å². The first kappa shape index (κ1) is 12.0. The minimum atomic E-state index is -0.139. The largest absolute Gasteiger partial charge is 0.379 e. The van der Waals surface area contributed by atoms with E-state index in [1.807, 2.05) is 12.1 Å². The summed E-state index contributed by atoms with van der Waals surface area (Å²) in [4.78, 5) is 0. The van der Waals surface area contributed by atoms with E-state index in [-0.39, 0.29) is 11.2 Å². The van der Waals surface area contributed by atoms with E-state index in [2.05, 4.69) is 26.1 Å². The SMILES string of the molecule is CC12CCC(C1)C(C)(C)C2Nc1ccccc1F. The molecule has 2 fully saturated rings. The average Bonchev–Trinajstić information content (AvgIpc) is 2.78. The Morgan fingerprint density at radius 3 is 2.56 bits per heavy atom. The summed E-state index contributed by atoms with van der Waals surface area (Å²) in [6.45, 7) is 7.03. The summed E-state index contributed by atoms with van der Waals surface area (Å²) in [5.41, 5.74) is 1.25. The predicted molar refractivity (Wildman–Crippen MR) is 73.0 cm³/mol. The van der Waals surface area contributed by atoms with Crippen LogP contribution in [-0.4, -0.2) is 6.04 Å². The third-order valence-electron chi connectivity index (χ3n) is 5.44. The minimum absolute atomic E-state index is 0.139. The predicted octanol–water partition coefficient (Wildman–Crippen LogP) is 4.45. The first-order valence-electron chi connectivity index (χ1n) is 6.94. The van der Waals surface area contributed by atoms with Gasteiger partial charge in [0.15, 0.2) is 0 Å². The molecule has 0 spiro atoms. The number of nitrogens with one attached hydrogen (secondary N) is 1. The van der Waals surface area contributed by atoms with Crippen molar-refractivity contribution in [2.24, 2.45) is 16.7 Å². The van der Waals surface area contributed by atoms with Crippen molar-refractivity contribution in [3.05, 3.63) is 30.1 Å². The van der Waals surface area contributed by atoms with Gasteiger partial charge < -0.3 is 5.32 Å². The second-order valence-corrected chi connectivity index (χ2v) is 6.97. The Balaban J connectivity index is 1.91. The van der Waals surface area contributed by atoms with Crippen molar-refractivity contribution in [1.82, 2.24) is 0 Å². The van der Waals surface area contributed by atoms with Crippen LogP contribution in [0.2, 0.25) is 0 Å². The maximum Gasteiger partial charge on any atom is 0.146 e. The Bertz CT molecular complexity index is 463. The molecule has 1 nitrogen and oxygen atoms in total. The number of fused-ring (bicyclic) bond motifs is 2. The molecule has 0 amide bonds. The molecule has 0 aliphatic heterocycles. The van der Waals surface area contributed by atoms with E-state index < -0.39 is 0 Å².